The highest BCUT2D eigenvalue weighted by Crippen LogP contribution is 2.66. The fourth-order valence-electron chi connectivity index (χ4n) is 6.57. The van der Waals surface area contributed by atoms with Crippen molar-refractivity contribution in [3.63, 3.8) is 0 Å². The molecule has 3 aliphatic rings. The molecule has 0 aliphatic carbocycles. The second-order valence-electron chi connectivity index (χ2n) is 14.4. The highest BCUT2D eigenvalue weighted by molar-refractivity contribution is 8.00. The molecule has 1 aromatic heterocycles. The topological polar surface area (TPSA) is 393 Å². The number of nitrogens with one attached hydrogen (secondary N) is 6. The molecule has 62 heavy (non-hydrogen) atoms. The predicted molar refractivity (Wildman–Crippen MR) is 217 cm³/mol. The lowest BCUT2D eigenvalue weighted by molar-refractivity contribution is -0.122. The van der Waals surface area contributed by atoms with Crippen LogP contribution in [0.1, 0.15) is 76.0 Å². The average Bonchev–Trinajstić information content (AvgIpc) is 3.81. The molecule has 5 amide bonds. The number of hydrogen-bond donors (Lipinski definition) is 12. The van der Waals surface area contributed by atoms with E-state index in [0.29, 0.717) is 42.0 Å². The summed E-state index contributed by atoms with van der Waals surface area (Å²) in [4.78, 5) is 111. The monoisotopic (exact) mass is 963 g/mol. The summed E-state index contributed by atoms with van der Waals surface area (Å²) in [5.41, 5.74) is -2.13. The SMILES string of the molecule is O=C(CCCNC(=O)CCCCCNC(=O)CCCCC1SCC2NC(=O)NC21)NCC=Cc1cn(C2OC(COP(=O)(O)OP(=O)(O)OP(=O)(O)O)C(O)C2O)c(=O)[nH]c1=O. The molecule has 12 N–H and O–H groups in total. The molecule has 350 valence electrons. The molecular formula is C32H52N7O19P3S. The number of carbonyl (C=O) groups is 4. The minimum Gasteiger partial charge on any atom is -0.387 e. The van der Waals surface area contributed by atoms with Gasteiger partial charge in [0.25, 0.3) is 5.56 Å². The van der Waals surface area contributed by atoms with Gasteiger partial charge in [0, 0.05) is 56.1 Å². The number of aromatic nitrogens is 2. The normalized spacial score (nSPS) is 25.4. The number of aliphatic hydroxyl groups is 2. The van der Waals surface area contributed by atoms with Crippen LogP contribution in [0, 0.1) is 0 Å². The molecule has 1 aromatic rings. The van der Waals surface area contributed by atoms with Crippen molar-refractivity contribution in [3.05, 3.63) is 38.7 Å². The van der Waals surface area contributed by atoms with Crippen molar-refractivity contribution >= 4 is 65.1 Å². The maximum atomic E-state index is 12.5. The molecular weight excluding hydrogens is 911 g/mol. The van der Waals surface area contributed by atoms with Gasteiger partial charge in [-0.05, 0) is 32.1 Å². The first kappa shape index (κ1) is 51.4. The number of aliphatic hydroxyl groups excluding tert-OH is 2. The number of phosphoric acid groups is 3. The van der Waals surface area contributed by atoms with E-state index in [-0.39, 0.29) is 60.9 Å². The van der Waals surface area contributed by atoms with E-state index >= 15 is 0 Å². The third-order valence-electron chi connectivity index (χ3n) is 9.53. The number of rotatable bonds is 26. The van der Waals surface area contributed by atoms with Crippen molar-refractivity contribution in [3.8, 4) is 0 Å². The molecule has 3 saturated heterocycles. The Hall–Kier alpha value is -3.26. The Morgan fingerprint density at radius 3 is 2.18 bits per heavy atom. The molecule has 30 heteroatoms. The summed E-state index contributed by atoms with van der Waals surface area (Å²) < 4.78 is 52.0. The first-order chi connectivity index (χ1) is 29.1. The zero-order chi connectivity index (χ0) is 45.7. The molecule has 3 fully saturated rings. The van der Waals surface area contributed by atoms with E-state index < -0.39 is 65.9 Å². The predicted octanol–water partition coefficient (Wildman–Crippen LogP) is -1.07. The molecule has 0 spiro atoms. The van der Waals surface area contributed by atoms with Crippen LogP contribution < -0.4 is 37.8 Å². The van der Waals surface area contributed by atoms with Crippen molar-refractivity contribution in [2.75, 3.05) is 32.0 Å². The molecule has 0 saturated carbocycles. The molecule has 0 bridgehead atoms. The second-order valence-corrected chi connectivity index (χ2v) is 20.1. The number of phosphoric ester groups is 1. The quantitative estimate of drug-likeness (QED) is 0.0299. The lowest BCUT2D eigenvalue weighted by Gasteiger charge is -2.19. The summed E-state index contributed by atoms with van der Waals surface area (Å²) in [6, 6.07) is 0.245. The summed E-state index contributed by atoms with van der Waals surface area (Å²) in [7, 11) is -17.1. The molecule has 9 atom stereocenters. The zero-order valence-corrected chi connectivity index (χ0v) is 36.6. The molecule has 9 unspecified atom stereocenters. The van der Waals surface area contributed by atoms with Crippen LogP contribution in [0.4, 0.5) is 4.79 Å². The maximum Gasteiger partial charge on any atom is 0.490 e. The van der Waals surface area contributed by atoms with E-state index in [9.17, 15) is 62.5 Å². The third kappa shape index (κ3) is 17.0. The van der Waals surface area contributed by atoms with Gasteiger partial charge in [-0.1, -0.05) is 25.0 Å². The van der Waals surface area contributed by atoms with E-state index in [0.717, 1.165) is 44.1 Å². The van der Waals surface area contributed by atoms with Gasteiger partial charge in [-0.15, -0.1) is 0 Å². The van der Waals surface area contributed by atoms with Gasteiger partial charge in [0.05, 0.1) is 24.3 Å². The molecule has 4 heterocycles. The van der Waals surface area contributed by atoms with Crippen molar-refractivity contribution in [2.24, 2.45) is 0 Å². The number of hydrogen-bond acceptors (Lipinski definition) is 16. The molecule has 0 aromatic carbocycles. The molecule has 0 radical (unpaired) electrons. The Morgan fingerprint density at radius 1 is 0.839 bits per heavy atom. The van der Waals surface area contributed by atoms with Crippen LogP contribution in [0.25, 0.3) is 6.08 Å². The Bertz CT molecular complexity index is 2030. The van der Waals surface area contributed by atoms with Crippen LogP contribution >= 0.6 is 35.2 Å². The Morgan fingerprint density at radius 2 is 1.48 bits per heavy atom. The number of nitrogens with zero attached hydrogens (tertiary/aromatic N) is 1. The minimum atomic E-state index is -5.83. The number of fused-ring (bicyclic) bond motifs is 1. The van der Waals surface area contributed by atoms with Crippen LogP contribution in [0.5, 0.6) is 0 Å². The highest BCUT2D eigenvalue weighted by Gasteiger charge is 2.47. The van der Waals surface area contributed by atoms with Crippen molar-refractivity contribution in [2.45, 2.75) is 106 Å². The summed E-state index contributed by atoms with van der Waals surface area (Å²) in [6.07, 6.45) is 2.29. The lowest BCUT2D eigenvalue weighted by Crippen LogP contribution is -2.38. The lowest BCUT2D eigenvalue weighted by atomic mass is 10.0. The van der Waals surface area contributed by atoms with Crippen LogP contribution in [0.3, 0.4) is 0 Å². The molecule has 26 nitrogen and oxygen atoms in total. The average molecular weight is 964 g/mol. The molecule has 3 aliphatic heterocycles. The Labute approximate surface area is 357 Å². The van der Waals surface area contributed by atoms with E-state index in [1.165, 1.54) is 12.2 Å². The largest absolute Gasteiger partial charge is 0.490 e. The maximum absolute atomic E-state index is 12.5. The van der Waals surface area contributed by atoms with Gasteiger partial charge in [-0.2, -0.15) is 20.4 Å². The van der Waals surface area contributed by atoms with Gasteiger partial charge >= 0.3 is 35.2 Å². The first-order valence-electron chi connectivity index (χ1n) is 19.4. The smallest absolute Gasteiger partial charge is 0.387 e. The van der Waals surface area contributed by atoms with Gasteiger partial charge in [0.1, 0.15) is 18.3 Å². The Kier molecular flexibility index (Phi) is 19.6. The van der Waals surface area contributed by atoms with Crippen LogP contribution in [0.15, 0.2) is 21.9 Å². The van der Waals surface area contributed by atoms with Crippen LogP contribution in [-0.4, -0.2) is 131 Å². The number of ether oxygens (including phenoxy) is 1. The van der Waals surface area contributed by atoms with E-state index in [1.54, 1.807) is 0 Å². The van der Waals surface area contributed by atoms with Crippen molar-refractivity contribution < 1.29 is 80.5 Å². The van der Waals surface area contributed by atoms with E-state index in [4.69, 9.17) is 14.5 Å². The zero-order valence-electron chi connectivity index (χ0n) is 33.1. The number of unbranched alkanes of at least 4 members (excludes halogenated alkanes) is 3. The van der Waals surface area contributed by atoms with Crippen LogP contribution in [-0.2, 0) is 46.0 Å². The summed E-state index contributed by atoms with van der Waals surface area (Å²) in [5, 5.41) is 35.4. The van der Waals surface area contributed by atoms with Gasteiger partial charge in [-0.3, -0.25) is 33.3 Å². The van der Waals surface area contributed by atoms with Crippen molar-refractivity contribution in [1.29, 1.82) is 0 Å². The summed E-state index contributed by atoms with van der Waals surface area (Å²) in [6.45, 7) is -0.384. The fourth-order valence-corrected chi connectivity index (χ4v) is 11.1. The van der Waals surface area contributed by atoms with Crippen molar-refractivity contribution in [1.82, 2.24) is 36.1 Å². The summed E-state index contributed by atoms with van der Waals surface area (Å²) in [5.74, 6) is 0.388. The fraction of sp³-hybridized carbons (Fsp3) is 0.688. The van der Waals surface area contributed by atoms with E-state index in [2.05, 4.69) is 39.7 Å². The number of carbonyl (C=O) groups excluding carboxylic acids is 4. The number of urea groups is 1. The van der Waals surface area contributed by atoms with Gasteiger partial charge < -0.3 is 61.1 Å². The number of aromatic amines is 1. The number of amides is 5. The van der Waals surface area contributed by atoms with E-state index in [1.807, 2.05) is 16.7 Å². The first-order valence-corrected chi connectivity index (χ1v) is 25.0. The standard InChI is InChI=1S/C32H52N7O19P3S/c40-23(10-2-1-5-13-33-24(41)11-4-3-9-22-26-20(18-62-22)36-31(46)37-26)35-15-7-12-25(42)34-14-6-8-19-16-39(32(47)38-29(19)45)30-28(44)27(43)21(56-30)17-55-60(51,52)58-61(53,54)57-59(48,49)50/h6,8,16,20-22,26-28,30,43-44H,1-5,7,9-15,17-18H2,(H,33,41)(H,34,42)(H,35,40)(H,51,52)(H,53,54)(H2,36,37,46)(H,38,45,47)(H2,48,49,50). The summed E-state index contributed by atoms with van der Waals surface area (Å²) >= 11 is 1.85. The Balaban J connectivity index is 1.06. The van der Waals surface area contributed by atoms with Gasteiger partial charge in [0.2, 0.25) is 17.7 Å². The number of H-pyrrole nitrogens is 1. The highest BCUT2D eigenvalue weighted by atomic mass is 32.2. The molecule has 4 rings (SSSR count). The van der Waals surface area contributed by atoms with Crippen LogP contribution in [0.2, 0.25) is 0 Å². The van der Waals surface area contributed by atoms with Gasteiger partial charge in [-0.25, -0.2) is 23.3 Å². The minimum absolute atomic E-state index is 0.00370. The van der Waals surface area contributed by atoms with Gasteiger partial charge in [0.15, 0.2) is 6.23 Å². The second kappa shape index (κ2) is 23.6. The number of thioether (sulfide) groups is 1. The third-order valence-corrected chi connectivity index (χ3v) is 14.8.